The molecule has 132 valence electrons. The van der Waals surface area contributed by atoms with E-state index in [2.05, 4.69) is 15.4 Å². The second-order valence-electron chi connectivity index (χ2n) is 6.03. The number of aromatic nitrogens is 4. The van der Waals surface area contributed by atoms with Crippen LogP contribution in [0.25, 0.3) is 11.3 Å². The SMILES string of the molecule is CC(Cn1ccc(-c2ccc(C#N)c(Cl)c2)n1)NC(=O)c1cn(C)cn1. The zero-order valence-corrected chi connectivity index (χ0v) is 15.1. The van der Waals surface area contributed by atoms with Crippen molar-refractivity contribution in [1.82, 2.24) is 24.6 Å². The number of aryl methyl sites for hydroxylation is 1. The van der Waals surface area contributed by atoms with Crippen LogP contribution >= 0.6 is 11.6 Å². The zero-order chi connectivity index (χ0) is 18.7. The molecule has 0 saturated carbocycles. The molecule has 0 aliphatic heterocycles. The van der Waals surface area contributed by atoms with Crippen molar-refractivity contribution >= 4 is 17.5 Å². The maximum atomic E-state index is 12.1. The highest BCUT2D eigenvalue weighted by Crippen LogP contribution is 2.24. The fourth-order valence-electron chi connectivity index (χ4n) is 2.54. The number of imidazole rings is 1. The highest BCUT2D eigenvalue weighted by atomic mass is 35.5. The minimum absolute atomic E-state index is 0.123. The van der Waals surface area contributed by atoms with E-state index < -0.39 is 0 Å². The van der Waals surface area contributed by atoms with Crippen LogP contribution in [0, 0.1) is 11.3 Å². The van der Waals surface area contributed by atoms with Gasteiger partial charge in [-0.2, -0.15) is 10.4 Å². The number of rotatable bonds is 5. The van der Waals surface area contributed by atoms with Gasteiger partial charge in [0.1, 0.15) is 11.8 Å². The molecular weight excluding hydrogens is 352 g/mol. The molecule has 0 aliphatic carbocycles. The van der Waals surface area contributed by atoms with Crippen LogP contribution in [-0.4, -0.2) is 31.3 Å². The number of hydrogen-bond acceptors (Lipinski definition) is 4. The molecular formula is C18H17ClN6O. The predicted octanol–water partition coefficient (Wildman–Crippen LogP) is 2.63. The van der Waals surface area contributed by atoms with Crippen molar-refractivity contribution in [2.75, 3.05) is 0 Å². The summed E-state index contributed by atoms with van der Waals surface area (Å²) in [6, 6.07) is 8.98. The molecule has 1 aromatic carbocycles. The van der Waals surface area contributed by atoms with Gasteiger partial charge in [0.2, 0.25) is 0 Å². The molecule has 26 heavy (non-hydrogen) atoms. The summed E-state index contributed by atoms with van der Waals surface area (Å²) in [5.74, 6) is -0.218. The second kappa shape index (κ2) is 7.42. The average Bonchev–Trinajstić information content (AvgIpc) is 3.24. The minimum atomic E-state index is -0.218. The van der Waals surface area contributed by atoms with Gasteiger partial charge in [0.25, 0.3) is 5.91 Å². The van der Waals surface area contributed by atoms with Gasteiger partial charge in [-0.1, -0.05) is 17.7 Å². The molecule has 8 heteroatoms. The largest absolute Gasteiger partial charge is 0.346 e. The van der Waals surface area contributed by atoms with Crippen LogP contribution in [0.1, 0.15) is 23.0 Å². The number of carbonyl (C=O) groups is 1. The molecule has 2 heterocycles. The van der Waals surface area contributed by atoms with Crippen molar-refractivity contribution in [3.8, 4) is 17.3 Å². The first-order valence-electron chi connectivity index (χ1n) is 7.98. The molecule has 3 rings (SSSR count). The molecule has 0 aliphatic rings. The summed E-state index contributed by atoms with van der Waals surface area (Å²) < 4.78 is 3.48. The van der Waals surface area contributed by atoms with Gasteiger partial charge in [-0.25, -0.2) is 4.98 Å². The van der Waals surface area contributed by atoms with Crippen molar-refractivity contribution in [2.45, 2.75) is 19.5 Å². The third-order valence-corrected chi connectivity index (χ3v) is 4.11. The normalized spacial score (nSPS) is 11.8. The van der Waals surface area contributed by atoms with Crippen LogP contribution in [0.15, 0.2) is 43.0 Å². The summed E-state index contributed by atoms with van der Waals surface area (Å²) in [4.78, 5) is 16.2. The van der Waals surface area contributed by atoms with Crippen LogP contribution in [0.5, 0.6) is 0 Å². The third-order valence-electron chi connectivity index (χ3n) is 3.80. The number of nitrogens with zero attached hydrogens (tertiary/aromatic N) is 5. The van der Waals surface area contributed by atoms with E-state index in [0.29, 0.717) is 22.8 Å². The predicted molar refractivity (Wildman–Crippen MR) is 97.5 cm³/mol. The first-order chi connectivity index (χ1) is 12.5. The number of hydrogen-bond donors (Lipinski definition) is 1. The summed E-state index contributed by atoms with van der Waals surface area (Å²) in [5, 5.41) is 16.7. The lowest BCUT2D eigenvalue weighted by atomic mass is 10.1. The molecule has 1 unspecified atom stereocenters. The smallest absolute Gasteiger partial charge is 0.271 e. The molecule has 0 saturated heterocycles. The van der Waals surface area contributed by atoms with Crippen molar-refractivity contribution in [3.63, 3.8) is 0 Å². The molecule has 3 aromatic rings. The molecule has 1 atom stereocenters. The Morgan fingerprint density at radius 1 is 1.42 bits per heavy atom. The Balaban J connectivity index is 1.65. The van der Waals surface area contributed by atoms with Crippen molar-refractivity contribution in [3.05, 3.63) is 59.3 Å². The Kier molecular flexibility index (Phi) is 5.05. The van der Waals surface area contributed by atoms with E-state index in [1.54, 1.807) is 33.9 Å². The summed E-state index contributed by atoms with van der Waals surface area (Å²) in [6.07, 6.45) is 5.09. The highest BCUT2D eigenvalue weighted by molar-refractivity contribution is 6.32. The quantitative estimate of drug-likeness (QED) is 0.749. The van der Waals surface area contributed by atoms with Crippen molar-refractivity contribution < 1.29 is 4.79 Å². The maximum absolute atomic E-state index is 12.1. The van der Waals surface area contributed by atoms with Gasteiger partial charge in [-0.05, 0) is 25.1 Å². The number of nitrogens with one attached hydrogen (secondary N) is 1. The molecule has 0 radical (unpaired) electrons. The zero-order valence-electron chi connectivity index (χ0n) is 14.3. The van der Waals surface area contributed by atoms with Gasteiger partial charge in [0.15, 0.2) is 0 Å². The lowest BCUT2D eigenvalue weighted by Gasteiger charge is -2.13. The van der Waals surface area contributed by atoms with E-state index in [1.807, 2.05) is 38.4 Å². The Bertz CT molecular complexity index is 984. The maximum Gasteiger partial charge on any atom is 0.271 e. The van der Waals surface area contributed by atoms with Gasteiger partial charge in [0, 0.05) is 31.0 Å². The van der Waals surface area contributed by atoms with Gasteiger partial charge in [0.05, 0.1) is 29.2 Å². The van der Waals surface area contributed by atoms with Gasteiger partial charge in [-0.3, -0.25) is 9.48 Å². The van der Waals surface area contributed by atoms with E-state index in [0.717, 1.165) is 11.3 Å². The minimum Gasteiger partial charge on any atom is -0.346 e. The number of nitriles is 1. The van der Waals surface area contributed by atoms with Crippen molar-refractivity contribution in [2.24, 2.45) is 7.05 Å². The Morgan fingerprint density at radius 3 is 2.88 bits per heavy atom. The fraction of sp³-hybridized carbons (Fsp3) is 0.222. The second-order valence-corrected chi connectivity index (χ2v) is 6.44. The summed E-state index contributed by atoms with van der Waals surface area (Å²) in [6.45, 7) is 2.42. The van der Waals surface area contributed by atoms with Gasteiger partial charge >= 0.3 is 0 Å². The molecule has 7 nitrogen and oxygen atoms in total. The van der Waals surface area contributed by atoms with Gasteiger partial charge < -0.3 is 9.88 Å². The van der Waals surface area contributed by atoms with Crippen LogP contribution in [0.4, 0.5) is 0 Å². The Morgan fingerprint density at radius 2 is 2.23 bits per heavy atom. The summed E-state index contributed by atoms with van der Waals surface area (Å²) >= 11 is 6.08. The van der Waals surface area contributed by atoms with Crippen molar-refractivity contribution in [1.29, 1.82) is 5.26 Å². The van der Waals surface area contributed by atoms with E-state index >= 15 is 0 Å². The van der Waals surface area contributed by atoms with Crippen LogP contribution in [0.2, 0.25) is 5.02 Å². The number of amides is 1. The van der Waals surface area contributed by atoms with E-state index in [9.17, 15) is 4.79 Å². The Labute approximate surface area is 155 Å². The van der Waals surface area contributed by atoms with E-state index in [4.69, 9.17) is 16.9 Å². The van der Waals surface area contributed by atoms with Crippen LogP contribution in [0.3, 0.4) is 0 Å². The van der Waals surface area contributed by atoms with Crippen LogP contribution in [-0.2, 0) is 13.6 Å². The number of halogens is 1. The topological polar surface area (TPSA) is 88.5 Å². The standard InChI is InChI=1S/C18H17ClN6O/c1-12(22-18(26)17-10-24(2)11-21-17)9-25-6-5-16(23-25)13-3-4-14(8-20)15(19)7-13/h3-7,10-12H,9H2,1-2H3,(H,22,26). The molecule has 1 amide bonds. The molecule has 2 aromatic heterocycles. The lowest BCUT2D eigenvalue weighted by molar-refractivity contribution is 0.0931. The molecule has 0 bridgehead atoms. The molecule has 0 fully saturated rings. The first-order valence-corrected chi connectivity index (χ1v) is 8.36. The average molecular weight is 369 g/mol. The first kappa shape index (κ1) is 17.7. The van der Waals surface area contributed by atoms with E-state index in [1.165, 1.54) is 0 Å². The number of benzene rings is 1. The van der Waals surface area contributed by atoms with Crippen LogP contribution < -0.4 is 5.32 Å². The lowest BCUT2D eigenvalue weighted by Crippen LogP contribution is -2.36. The fourth-order valence-corrected chi connectivity index (χ4v) is 2.76. The number of carbonyl (C=O) groups excluding carboxylic acids is 1. The monoisotopic (exact) mass is 368 g/mol. The summed E-state index contributed by atoms with van der Waals surface area (Å²) in [7, 11) is 1.81. The third kappa shape index (κ3) is 3.92. The Hall–Kier alpha value is -3.11. The summed E-state index contributed by atoms with van der Waals surface area (Å²) in [5.41, 5.74) is 2.39. The highest BCUT2D eigenvalue weighted by Gasteiger charge is 2.13. The molecule has 1 N–H and O–H groups in total. The van der Waals surface area contributed by atoms with E-state index in [-0.39, 0.29) is 11.9 Å². The molecule has 0 spiro atoms. The van der Waals surface area contributed by atoms with Gasteiger partial charge in [-0.15, -0.1) is 0 Å².